The molecule has 2 rings (SSSR count). The van der Waals surface area contributed by atoms with Gasteiger partial charge in [-0.15, -0.1) is 0 Å². The highest BCUT2D eigenvalue weighted by Crippen LogP contribution is 2.31. The van der Waals surface area contributed by atoms with Gasteiger partial charge in [0.2, 0.25) is 11.8 Å². The van der Waals surface area contributed by atoms with Gasteiger partial charge in [0.15, 0.2) is 0 Å². The molecule has 0 bridgehead atoms. The summed E-state index contributed by atoms with van der Waals surface area (Å²) in [7, 11) is 1.42. The fourth-order valence-electron chi connectivity index (χ4n) is 3.46. The number of methoxy groups -OCH3 is 1. The molecule has 1 aliphatic heterocycles. The van der Waals surface area contributed by atoms with Crippen molar-refractivity contribution in [2.75, 3.05) is 46.6 Å². The first-order valence-electron chi connectivity index (χ1n) is 8.92. The lowest BCUT2D eigenvalue weighted by Crippen LogP contribution is -2.54. The van der Waals surface area contributed by atoms with Crippen molar-refractivity contribution in [2.24, 2.45) is 0 Å². The molecule has 8 heteroatoms. The molecule has 2 amide bonds. The van der Waals surface area contributed by atoms with Gasteiger partial charge in [0.25, 0.3) is 0 Å². The Morgan fingerprint density at radius 2 is 1.92 bits per heavy atom. The molecule has 2 aliphatic rings. The van der Waals surface area contributed by atoms with Crippen LogP contribution in [0.4, 0.5) is 0 Å². The van der Waals surface area contributed by atoms with Crippen LogP contribution >= 0.6 is 0 Å². The molecule has 1 heterocycles. The number of nitrogens with zero attached hydrogens (tertiary/aromatic N) is 1. The van der Waals surface area contributed by atoms with Gasteiger partial charge in [0, 0.05) is 13.7 Å². The Bertz CT molecular complexity index is 466. The van der Waals surface area contributed by atoms with Crippen LogP contribution in [-0.2, 0) is 19.1 Å². The van der Waals surface area contributed by atoms with E-state index in [1.165, 1.54) is 12.0 Å². The van der Waals surface area contributed by atoms with Gasteiger partial charge < -0.3 is 29.9 Å². The lowest BCUT2D eigenvalue weighted by atomic mass is 9.82. The minimum Gasteiger partial charge on any atom is -0.389 e. The first kappa shape index (κ1) is 20.1. The first-order chi connectivity index (χ1) is 11.9. The minimum atomic E-state index is -1.36. The van der Waals surface area contributed by atoms with Crippen LogP contribution in [-0.4, -0.2) is 84.7 Å². The minimum absolute atomic E-state index is 0.0246. The molecule has 8 nitrogen and oxygen atoms in total. The van der Waals surface area contributed by atoms with E-state index in [2.05, 4.69) is 5.32 Å². The van der Waals surface area contributed by atoms with E-state index in [0.717, 1.165) is 19.3 Å². The zero-order valence-corrected chi connectivity index (χ0v) is 15.0. The fourth-order valence-corrected chi connectivity index (χ4v) is 3.46. The molecule has 0 radical (unpaired) electrons. The zero-order chi connectivity index (χ0) is 18.3. The lowest BCUT2D eigenvalue weighted by Gasteiger charge is -2.35. The number of aliphatic hydroxyl groups is 2. The van der Waals surface area contributed by atoms with Crippen LogP contribution in [0.1, 0.15) is 38.5 Å². The van der Waals surface area contributed by atoms with E-state index in [0.29, 0.717) is 26.0 Å². The number of hydrogen-bond donors (Lipinski definition) is 3. The Morgan fingerprint density at radius 1 is 1.20 bits per heavy atom. The molecule has 1 saturated carbocycles. The molecule has 0 spiro atoms. The molecule has 3 N–H and O–H groups in total. The van der Waals surface area contributed by atoms with Crippen LogP contribution in [0.2, 0.25) is 0 Å². The average Bonchev–Trinajstić information content (AvgIpc) is 2.76. The Morgan fingerprint density at radius 3 is 2.60 bits per heavy atom. The van der Waals surface area contributed by atoms with Crippen molar-refractivity contribution in [1.82, 2.24) is 10.2 Å². The number of hydrogen-bond acceptors (Lipinski definition) is 6. The maximum Gasteiger partial charge on any atom is 0.246 e. The monoisotopic (exact) mass is 358 g/mol. The molecule has 1 atom stereocenters. The SMILES string of the molecule is COCC(=O)NC[C@]1(O)COCCN(C(=O)CC2(O)CCCCC2)C1. The third-order valence-corrected chi connectivity index (χ3v) is 4.87. The maximum absolute atomic E-state index is 12.6. The van der Waals surface area contributed by atoms with Crippen LogP contribution in [0, 0.1) is 0 Å². The fraction of sp³-hybridized carbons (Fsp3) is 0.882. The summed E-state index contributed by atoms with van der Waals surface area (Å²) in [6.07, 6.45) is 4.31. The summed E-state index contributed by atoms with van der Waals surface area (Å²) < 4.78 is 10.1. The van der Waals surface area contributed by atoms with Gasteiger partial charge in [-0.2, -0.15) is 0 Å². The molecule has 0 aromatic heterocycles. The number of carbonyl (C=O) groups is 2. The number of carbonyl (C=O) groups excluding carboxylic acids is 2. The Hall–Kier alpha value is -1.22. The number of amides is 2. The Kier molecular flexibility index (Phi) is 7.18. The predicted octanol–water partition coefficient (Wildman–Crippen LogP) is -0.576. The van der Waals surface area contributed by atoms with Crippen LogP contribution in [0.15, 0.2) is 0 Å². The standard InChI is InChI=1S/C17H30N2O6/c1-24-10-14(20)18-11-17(23)12-19(7-8-25-13-17)15(21)9-16(22)5-3-2-4-6-16/h22-23H,2-13H2,1H3,(H,18,20)/t17-/m1/s1. The quantitative estimate of drug-likeness (QED) is 0.587. The van der Waals surface area contributed by atoms with Crippen LogP contribution in [0.3, 0.4) is 0 Å². The topological polar surface area (TPSA) is 108 Å². The van der Waals surface area contributed by atoms with Crippen molar-refractivity contribution in [3.05, 3.63) is 0 Å². The lowest BCUT2D eigenvalue weighted by molar-refractivity contribution is -0.140. The van der Waals surface area contributed by atoms with Crippen molar-refractivity contribution in [3.8, 4) is 0 Å². The van der Waals surface area contributed by atoms with Gasteiger partial charge in [-0.3, -0.25) is 9.59 Å². The molecule has 2 fully saturated rings. The number of ether oxygens (including phenoxy) is 2. The van der Waals surface area contributed by atoms with Crippen LogP contribution < -0.4 is 5.32 Å². The van der Waals surface area contributed by atoms with Crippen molar-refractivity contribution in [2.45, 2.75) is 49.7 Å². The van der Waals surface area contributed by atoms with Gasteiger partial charge in [0.1, 0.15) is 12.2 Å². The normalized spacial score (nSPS) is 26.8. The smallest absolute Gasteiger partial charge is 0.246 e. The van der Waals surface area contributed by atoms with Gasteiger partial charge in [0.05, 0.1) is 38.3 Å². The largest absolute Gasteiger partial charge is 0.389 e. The maximum atomic E-state index is 12.6. The van der Waals surface area contributed by atoms with E-state index in [1.807, 2.05) is 0 Å². The van der Waals surface area contributed by atoms with E-state index < -0.39 is 11.2 Å². The van der Waals surface area contributed by atoms with E-state index >= 15 is 0 Å². The summed E-state index contributed by atoms with van der Waals surface area (Å²) in [4.78, 5) is 25.7. The third-order valence-electron chi connectivity index (χ3n) is 4.87. The summed E-state index contributed by atoms with van der Waals surface area (Å²) in [6, 6.07) is 0. The van der Waals surface area contributed by atoms with Crippen LogP contribution in [0.25, 0.3) is 0 Å². The highest BCUT2D eigenvalue weighted by Gasteiger charge is 2.38. The summed E-state index contributed by atoms with van der Waals surface area (Å²) in [6.45, 7) is 0.668. The molecular formula is C17H30N2O6. The van der Waals surface area contributed by atoms with E-state index in [-0.39, 0.29) is 44.5 Å². The summed E-state index contributed by atoms with van der Waals surface area (Å²) in [5.74, 6) is -0.522. The molecule has 0 aromatic carbocycles. The van der Waals surface area contributed by atoms with Gasteiger partial charge in [-0.25, -0.2) is 0 Å². The molecule has 1 aliphatic carbocycles. The van der Waals surface area contributed by atoms with Crippen molar-refractivity contribution < 1.29 is 29.3 Å². The van der Waals surface area contributed by atoms with Gasteiger partial charge in [-0.05, 0) is 12.8 Å². The number of nitrogens with one attached hydrogen (secondary N) is 1. The zero-order valence-electron chi connectivity index (χ0n) is 15.0. The highest BCUT2D eigenvalue weighted by atomic mass is 16.5. The Labute approximate surface area is 148 Å². The summed E-state index contributed by atoms with van der Waals surface area (Å²) >= 11 is 0. The second-order valence-corrected chi connectivity index (χ2v) is 7.26. The molecule has 0 unspecified atom stereocenters. The molecule has 25 heavy (non-hydrogen) atoms. The van der Waals surface area contributed by atoms with Crippen molar-refractivity contribution >= 4 is 11.8 Å². The molecule has 0 aromatic rings. The highest BCUT2D eigenvalue weighted by molar-refractivity contribution is 5.78. The molecule has 144 valence electrons. The summed E-state index contributed by atoms with van der Waals surface area (Å²) in [5.41, 5.74) is -2.29. The third kappa shape index (κ3) is 6.22. The van der Waals surface area contributed by atoms with E-state index in [9.17, 15) is 19.8 Å². The van der Waals surface area contributed by atoms with Crippen molar-refractivity contribution in [1.29, 1.82) is 0 Å². The van der Waals surface area contributed by atoms with E-state index in [4.69, 9.17) is 9.47 Å². The average molecular weight is 358 g/mol. The number of β-amino-alcohol motifs (C(OH)–C–C–N with tert-alkyl or cyclic N) is 1. The number of rotatable bonds is 6. The second-order valence-electron chi connectivity index (χ2n) is 7.26. The first-order valence-corrected chi connectivity index (χ1v) is 8.92. The van der Waals surface area contributed by atoms with Crippen LogP contribution in [0.5, 0.6) is 0 Å². The molecular weight excluding hydrogens is 328 g/mol. The van der Waals surface area contributed by atoms with Gasteiger partial charge in [-0.1, -0.05) is 19.3 Å². The summed E-state index contributed by atoms with van der Waals surface area (Å²) in [5, 5.41) is 23.9. The predicted molar refractivity (Wildman–Crippen MR) is 89.9 cm³/mol. The van der Waals surface area contributed by atoms with Gasteiger partial charge >= 0.3 is 0 Å². The van der Waals surface area contributed by atoms with Crippen molar-refractivity contribution in [3.63, 3.8) is 0 Å². The Balaban J connectivity index is 1.93. The van der Waals surface area contributed by atoms with E-state index in [1.54, 1.807) is 0 Å². The second kappa shape index (κ2) is 8.93. The molecule has 1 saturated heterocycles.